The maximum Gasteiger partial charge on any atom is 0.433 e. The summed E-state index contributed by atoms with van der Waals surface area (Å²) in [6.45, 7) is 3.27. The van der Waals surface area contributed by atoms with Gasteiger partial charge in [0.25, 0.3) is 0 Å². The Bertz CT molecular complexity index is 1010. The molecule has 4 nitrogen and oxygen atoms in total. The fraction of sp³-hybridized carbons (Fsp3) is 0.364. The van der Waals surface area contributed by atoms with Crippen molar-refractivity contribution < 1.29 is 17.6 Å². The molecule has 1 aliphatic heterocycles. The molecule has 0 spiro atoms. The van der Waals surface area contributed by atoms with Gasteiger partial charge in [-0.2, -0.15) is 13.2 Å². The second kappa shape index (κ2) is 8.55. The summed E-state index contributed by atoms with van der Waals surface area (Å²) in [5.41, 5.74) is 0.335. The van der Waals surface area contributed by atoms with Crippen LogP contribution in [0.5, 0.6) is 0 Å². The molecule has 158 valence electrons. The highest BCUT2D eigenvalue weighted by Gasteiger charge is 2.32. The first kappa shape index (κ1) is 20.5. The summed E-state index contributed by atoms with van der Waals surface area (Å²) in [5.74, 6) is 0.773. The van der Waals surface area contributed by atoms with E-state index in [2.05, 4.69) is 20.2 Å². The van der Waals surface area contributed by atoms with Crippen molar-refractivity contribution in [3.05, 3.63) is 65.7 Å². The molecule has 1 saturated heterocycles. The Morgan fingerprint density at radius 2 is 1.87 bits per heavy atom. The van der Waals surface area contributed by atoms with Crippen LogP contribution in [0.25, 0.3) is 10.9 Å². The number of hydrogen-bond donors (Lipinski definition) is 1. The lowest BCUT2D eigenvalue weighted by Gasteiger charge is -2.32. The van der Waals surface area contributed by atoms with Crippen LogP contribution in [-0.4, -0.2) is 34.5 Å². The molecule has 1 N–H and O–H groups in total. The summed E-state index contributed by atoms with van der Waals surface area (Å²) in [6.07, 6.45) is -1.02. The van der Waals surface area contributed by atoms with Crippen molar-refractivity contribution in [2.45, 2.75) is 25.6 Å². The van der Waals surface area contributed by atoms with Crippen LogP contribution in [-0.2, 0) is 12.7 Å². The third-order valence-electron chi connectivity index (χ3n) is 5.47. The standard InChI is InChI=1S/C22H22F4N4/c23-17-3-1-2-16(12-17)14-30-10-7-15(8-11-30)13-28-21-18-4-5-20(22(24,25)26)29-19(18)6-9-27-21/h1-6,9,12,15H,7-8,10-11,13-14H2,(H,27,28). The van der Waals surface area contributed by atoms with Crippen LogP contribution in [0.3, 0.4) is 0 Å². The molecule has 3 aromatic rings. The predicted octanol–water partition coefficient (Wildman–Crippen LogP) is 5.11. The molecule has 1 aliphatic rings. The molecule has 0 unspecified atom stereocenters. The highest BCUT2D eigenvalue weighted by atomic mass is 19.4. The van der Waals surface area contributed by atoms with Gasteiger partial charge in [-0.1, -0.05) is 12.1 Å². The van der Waals surface area contributed by atoms with Gasteiger partial charge < -0.3 is 5.32 Å². The molecule has 1 fully saturated rings. The van der Waals surface area contributed by atoms with E-state index >= 15 is 0 Å². The molecule has 0 saturated carbocycles. The monoisotopic (exact) mass is 418 g/mol. The summed E-state index contributed by atoms with van der Waals surface area (Å²) in [4.78, 5) is 10.3. The molecular weight excluding hydrogens is 396 g/mol. The number of hydrogen-bond acceptors (Lipinski definition) is 4. The molecular formula is C22H22F4N4. The molecule has 0 bridgehead atoms. The molecule has 0 atom stereocenters. The second-order valence-electron chi connectivity index (χ2n) is 7.65. The fourth-order valence-electron chi connectivity index (χ4n) is 3.84. The Kier molecular flexibility index (Phi) is 5.85. The quantitative estimate of drug-likeness (QED) is 0.585. The fourth-order valence-corrected chi connectivity index (χ4v) is 3.84. The van der Waals surface area contributed by atoms with Gasteiger partial charge in [0.05, 0.1) is 5.52 Å². The first-order chi connectivity index (χ1) is 14.4. The van der Waals surface area contributed by atoms with E-state index in [-0.39, 0.29) is 11.3 Å². The topological polar surface area (TPSA) is 41.0 Å². The van der Waals surface area contributed by atoms with E-state index in [4.69, 9.17) is 0 Å². The molecule has 0 radical (unpaired) electrons. The molecule has 2 aromatic heterocycles. The lowest BCUT2D eigenvalue weighted by Crippen LogP contribution is -2.35. The zero-order valence-electron chi connectivity index (χ0n) is 16.3. The number of alkyl halides is 3. The van der Waals surface area contributed by atoms with Gasteiger partial charge in [-0.25, -0.2) is 14.4 Å². The van der Waals surface area contributed by atoms with Crippen molar-refractivity contribution in [1.82, 2.24) is 14.9 Å². The van der Waals surface area contributed by atoms with Gasteiger partial charge in [-0.05, 0) is 67.7 Å². The summed E-state index contributed by atoms with van der Waals surface area (Å²) in [6, 6.07) is 10.6. The number of anilines is 1. The van der Waals surface area contributed by atoms with E-state index in [1.807, 2.05) is 6.07 Å². The Balaban J connectivity index is 1.34. The smallest absolute Gasteiger partial charge is 0.369 e. The number of piperidine rings is 1. The van der Waals surface area contributed by atoms with Crippen molar-refractivity contribution >= 4 is 16.7 Å². The lowest BCUT2D eigenvalue weighted by atomic mass is 9.96. The van der Waals surface area contributed by atoms with Crippen LogP contribution < -0.4 is 5.32 Å². The Morgan fingerprint density at radius 3 is 2.60 bits per heavy atom. The molecule has 3 heterocycles. The number of rotatable bonds is 5. The first-order valence-corrected chi connectivity index (χ1v) is 9.92. The predicted molar refractivity (Wildman–Crippen MR) is 107 cm³/mol. The number of aromatic nitrogens is 2. The van der Waals surface area contributed by atoms with Gasteiger partial charge in [-0.15, -0.1) is 0 Å². The Morgan fingerprint density at radius 1 is 1.07 bits per heavy atom. The number of nitrogens with zero attached hydrogens (tertiary/aromatic N) is 3. The average molecular weight is 418 g/mol. The number of benzene rings is 1. The zero-order valence-corrected chi connectivity index (χ0v) is 16.3. The van der Waals surface area contributed by atoms with Crippen LogP contribution in [0, 0.1) is 11.7 Å². The maximum absolute atomic E-state index is 13.3. The number of halogens is 4. The molecule has 8 heteroatoms. The van der Waals surface area contributed by atoms with Gasteiger partial charge >= 0.3 is 6.18 Å². The van der Waals surface area contributed by atoms with Crippen LogP contribution in [0.15, 0.2) is 48.7 Å². The maximum atomic E-state index is 13.3. The lowest BCUT2D eigenvalue weighted by molar-refractivity contribution is -0.140. The summed E-state index contributed by atoms with van der Waals surface area (Å²) < 4.78 is 52.0. The van der Waals surface area contributed by atoms with Crippen LogP contribution in [0.4, 0.5) is 23.4 Å². The van der Waals surface area contributed by atoms with Gasteiger partial charge in [0.2, 0.25) is 0 Å². The van der Waals surface area contributed by atoms with E-state index in [0.717, 1.165) is 44.1 Å². The van der Waals surface area contributed by atoms with E-state index < -0.39 is 11.9 Å². The van der Waals surface area contributed by atoms with Crippen molar-refractivity contribution in [3.8, 4) is 0 Å². The normalized spacial score (nSPS) is 16.1. The van der Waals surface area contributed by atoms with Crippen molar-refractivity contribution in [2.75, 3.05) is 25.0 Å². The Labute approximate surface area is 171 Å². The largest absolute Gasteiger partial charge is 0.433 e. The third-order valence-corrected chi connectivity index (χ3v) is 5.47. The van der Waals surface area contributed by atoms with Crippen LogP contribution >= 0.6 is 0 Å². The minimum absolute atomic E-state index is 0.217. The van der Waals surface area contributed by atoms with E-state index in [9.17, 15) is 17.6 Å². The number of nitrogens with one attached hydrogen (secondary N) is 1. The minimum atomic E-state index is -4.47. The number of likely N-dealkylation sites (tertiary alicyclic amines) is 1. The summed E-state index contributed by atoms with van der Waals surface area (Å²) in [7, 11) is 0. The SMILES string of the molecule is Fc1cccc(CN2CCC(CNc3nccc4nc(C(F)(F)F)ccc34)CC2)c1. The van der Waals surface area contributed by atoms with Gasteiger partial charge in [0.15, 0.2) is 0 Å². The summed E-state index contributed by atoms with van der Waals surface area (Å²) >= 11 is 0. The molecule has 4 rings (SSSR count). The third kappa shape index (κ3) is 4.87. The molecule has 0 amide bonds. The van der Waals surface area contributed by atoms with E-state index in [1.165, 1.54) is 24.4 Å². The highest BCUT2D eigenvalue weighted by molar-refractivity contribution is 5.89. The number of fused-ring (bicyclic) bond motifs is 1. The van der Waals surface area contributed by atoms with Crippen molar-refractivity contribution in [1.29, 1.82) is 0 Å². The zero-order chi connectivity index (χ0) is 21.1. The minimum Gasteiger partial charge on any atom is -0.369 e. The molecule has 0 aliphatic carbocycles. The van der Waals surface area contributed by atoms with Gasteiger partial charge in [0.1, 0.15) is 17.3 Å². The van der Waals surface area contributed by atoms with E-state index in [0.29, 0.717) is 23.7 Å². The first-order valence-electron chi connectivity index (χ1n) is 9.92. The molecule has 30 heavy (non-hydrogen) atoms. The molecule has 1 aromatic carbocycles. The average Bonchev–Trinajstić information content (AvgIpc) is 2.72. The van der Waals surface area contributed by atoms with Crippen molar-refractivity contribution in [3.63, 3.8) is 0 Å². The van der Waals surface area contributed by atoms with Gasteiger partial charge in [-0.3, -0.25) is 4.90 Å². The van der Waals surface area contributed by atoms with Crippen molar-refractivity contribution in [2.24, 2.45) is 5.92 Å². The highest BCUT2D eigenvalue weighted by Crippen LogP contribution is 2.30. The van der Waals surface area contributed by atoms with Crippen LogP contribution in [0.1, 0.15) is 24.1 Å². The van der Waals surface area contributed by atoms with E-state index in [1.54, 1.807) is 12.1 Å². The summed E-state index contributed by atoms with van der Waals surface area (Å²) in [5, 5.41) is 3.86. The Hall–Kier alpha value is -2.74. The number of pyridine rings is 2. The second-order valence-corrected chi connectivity index (χ2v) is 7.65. The van der Waals surface area contributed by atoms with Crippen LogP contribution in [0.2, 0.25) is 0 Å². The van der Waals surface area contributed by atoms with Gasteiger partial charge in [0, 0.05) is 24.7 Å².